The Bertz CT molecular complexity index is 1380. The largest absolute Gasteiger partial charge is 0.495 e. The van der Waals surface area contributed by atoms with Gasteiger partial charge in [0.05, 0.1) is 24.8 Å². The zero-order valence-electron chi connectivity index (χ0n) is 19.4. The lowest BCUT2D eigenvalue weighted by Gasteiger charge is -2.15. The Morgan fingerprint density at radius 1 is 1.03 bits per heavy atom. The molecule has 3 heterocycles. The first-order valence-corrected chi connectivity index (χ1v) is 11.4. The van der Waals surface area contributed by atoms with Gasteiger partial charge in [0, 0.05) is 18.7 Å². The quantitative estimate of drug-likeness (QED) is 0.346. The third kappa shape index (κ3) is 4.45. The fraction of sp³-hybridized carbons (Fsp3) is 0.269. The van der Waals surface area contributed by atoms with Gasteiger partial charge in [0.1, 0.15) is 11.6 Å². The third-order valence-corrected chi connectivity index (χ3v) is 6.27. The molecule has 9 heteroatoms. The lowest BCUT2D eigenvalue weighted by molar-refractivity contribution is 0.413. The molecule has 1 atom stereocenters. The van der Waals surface area contributed by atoms with Gasteiger partial charge in [0.2, 0.25) is 0 Å². The van der Waals surface area contributed by atoms with Crippen molar-refractivity contribution in [2.45, 2.75) is 38.6 Å². The van der Waals surface area contributed by atoms with Gasteiger partial charge in [-0.3, -0.25) is 0 Å². The summed E-state index contributed by atoms with van der Waals surface area (Å²) in [4.78, 5) is 4.27. The van der Waals surface area contributed by atoms with Gasteiger partial charge in [-0.25, -0.2) is 18.2 Å². The second-order valence-corrected chi connectivity index (χ2v) is 8.60. The molecule has 5 rings (SSSR count). The van der Waals surface area contributed by atoms with Crippen LogP contribution in [0.4, 0.5) is 13.2 Å². The molecule has 4 aromatic rings. The molecular weight excluding hydrogens is 455 g/mol. The average molecular weight is 480 g/mol. The van der Waals surface area contributed by atoms with Crippen LogP contribution in [-0.2, 0) is 6.54 Å². The monoisotopic (exact) mass is 479 g/mol. The maximum Gasteiger partial charge on any atom is 0.194 e. The number of hydrogen-bond acceptors (Lipinski definition) is 4. The van der Waals surface area contributed by atoms with Crippen LogP contribution in [0.5, 0.6) is 5.75 Å². The number of hydrogen-bond donors (Lipinski definition) is 0. The molecule has 0 spiro atoms. The summed E-state index contributed by atoms with van der Waals surface area (Å²) in [7, 11) is 1.62. The number of fused-ring (bicyclic) bond motifs is 1. The highest BCUT2D eigenvalue weighted by molar-refractivity contribution is 5.69. The van der Waals surface area contributed by atoms with Crippen LogP contribution in [0.25, 0.3) is 17.8 Å². The highest BCUT2D eigenvalue weighted by atomic mass is 19.2. The predicted molar refractivity (Wildman–Crippen MR) is 126 cm³/mol. The Morgan fingerprint density at radius 3 is 2.54 bits per heavy atom. The van der Waals surface area contributed by atoms with Crippen molar-refractivity contribution < 1.29 is 17.9 Å². The normalized spacial score (nSPS) is 15.9. The molecule has 6 nitrogen and oxygen atoms in total. The molecule has 2 aromatic carbocycles. The second-order valence-electron chi connectivity index (χ2n) is 8.60. The third-order valence-electron chi connectivity index (χ3n) is 6.27. The molecule has 0 saturated carbocycles. The number of methoxy groups -OCH3 is 1. The molecule has 0 N–H and O–H groups in total. The Balaban J connectivity index is 1.45. The summed E-state index contributed by atoms with van der Waals surface area (Å²) in [6.45, 7) is 2.61. The summed E-state index contributed by atoms with van der Waals surface area (Å²) < 4.78 is 50.7. The fourth-order valence-corrected chi connectivity index (χ4v) is 4.51. The first-order valence-electron chi connectivity index (χ1n) is 11.4. The Labute approximate surface area is 200 Å². The van der Waals surface area contributed by atoms with E-state index in [2.05, 4.69) is 15.2 Å². The van der Waals surface area contributed by atoms with Crippen LogP contribution in [0.3, 0.4) is 0 Å². The number of aromatic nitrogens is 5. The van der Waals surface area contributed by atoms with Crippen LogP contribution in [0, 0.1) is 24.4 Å². The van der Waals surface area contributed by atoms with Gasteiger partial charge >= 0.3 is 0 Å². The van der Waals surface area contributed by atoms with Crippen LogP contribution in [0.1, 0.15) is 53.7 Å². The maximum atomic E-state index is 13.9. The molecule has 0 amide bonds. The van der Waals surface area contributed by atoms with E-state index in [0.29, 0.717) is 35.9 Å². The fourth-order valence-electron chi connectivity index (χ4n) is 4.51. The molecular formula is C26H24F3N5O. The zero-order valence-corrected chi connectivity index (χ0v) is 19.4. The Kier molecular flexibility index (Phi) is 6.15. The zero-order chi connectivity index (χ0) is 24.5. The minimum atomic E-state index is -1.46. The van der Waals surface area contributed by atoms with E-state index in [1.165, 1.54) is 0 Å². The smallest absolute Gasteiger partial charge is 0.194 e. The van der Waals surface area contributed by atoms with E-state index in [4.69, 9.17) is 4.74 Å². The summed E-state index contributed by atoms with van der Waals surface area (Å²) in [5.41, 5.74) is 3.06. The summed E-state index contributed by atoms with van der Waals surface area (Å²) in [5, 5.41) is 8.67. The minimum Gasteiger partial charge on any atom is -0.495 e. The van der Waals surface area contributed by atoms with Crippen molar-refractivity contribution in [3.05, 3.63) is 88.8 Å². The van der Waals surface area contributed by atoms with Crippen LogP contribution < -0.4 is 4.74 Å². The standard InChI is InChI=1S/C26H24F3N5O/c1-16-14-33(15-30-16)22-8-6-17(11-23(22)35-2)7-9-24-31-32-26-19(5-3-4-10-34(24)26)18-12-20(27)25(29)21(28)13-18/h6-9,11-15,19H,3-5,10H2,1-2H3/b9-7+/t19-/m0/s1. The molecule has 0 radical (unpaired) electrons. The highest BCUT2D eigenvalue weighted by Gasteiger charge is 2.26. The number of imidazole rings is 1. The van der Waals surface area contributed by atoms with Crippen molar-refractivity contribution in [1.29, 1.82) is 0 Å². The lowest BCUT2D eigenvalue weighted by atomic mass is 9.93. The molecule has 0 saturated heterocycles. The van der Waals surface area contributed by atoms with Crippen molar-refractivity contribution >= 4 is 12.2 Å². The van der Waals surface area contributed by atoms with Crippen molar-refractivity contribution in [2.24, 2.45) is 0 Å². The molecule has 0 unspecified atom stereocenters. The van der Waals surface area contributed by atoms with Crippen molar-refractivity contribution in [2.75, 3.05) is 7.11 Å². The number of halogens is 3. The van der Waals surface area contributed by atoms with Gasteiger partial charge in [-0.2, -0.15) is 0 Å². The molecule has 1 aliphatic heterocycles. The number of nitrogens with zero attached hydrogens (tertiary/aromatic N) is 5. The number of aryl methyl sites for hydroxylation is 1. The number of benzene rings is 2. The molecule has 180 valence electrons. The minimum absolute atomic E-state index is 0.363. The molecule has 0 aliphatic carbocycles. The SMILES string of the molecule is COc1cc(/C=C/c2nnc3n2CCCC[C@H]3c2cc(F)c(F)c(F)c2)ccc1-n1cnc(C)c1. The number of ether oxygens (including phenoxy) is 1. The van der Waals surface area contributed by atoms with Gasteiger partial charge < -0.3 is 13.9 Å². The summed E-state index contributed by atoms with van der Waals surface area (Å²) >= 11 is 0. The van der Waals surface area contributed by atoms with Gasteiger partial charge in [-0.15, -0.1) is 10.2 Å². The van der Waals surface area contributed by atoms with Crippen molar-refractivity contribution in [3.63, 3.8) is 0 Å². The van der Waals surface area contributed by atoms with Crippen LogP contribution >= 0.6 is 0 Å². The highest BCUT2D eigenvalue weighted by Crippen LogP contribution is 2.34. The van der Waals surface area contributed by atoms with E-state index in [9.17, 15) is 13.2 Å². The van der Waals surface area contributed by atoms with Gasteiger partial charge in [-0.1, -0.05) is 18.6 Å². The maximum absolute atomic E-state index is 13.9. The second kappa shape index (κ2) is 9.40. The topological polar surface area (TPSA) is 57.8 Å². The van der Waals surface area contributed by atoms with Gasteiger partial charge in [0.15, 0.2) is 23.3 Å². The van der Waals surface area contributed by atoms with Crippen molar-refractivity contribution in [1.82, 2.24) is 24.3 Å². The van der Waals surface area contributed by atoms with E-state index in [1.54, 1.807) is 13.4 Å². The van der Waals surface area contributed by atoms with Crippen molar-refractivity contribution in [3.8, 4) is 11.4 Å². The predicted octanol–water partition coefficient (Wildman–Crippen LogP) is 5.68. The molecule has 0 bridgehead atoms. The summed E-state index contributed by atoms with van der Waals surface area (Å²) in [5.74, 6) is -2.26. The van der Waals surface area contributed by atoms with E-state index in [1.807, 2.05) is 52.6 Å². The average Bonchev–Trinajstić information content (AvgIpc) is 3.40. The summed E-state index contributed by atoms with van der Waals surface area (Å²) in [6, 6.07) is 7.96. The molecule has 35 heavy (non-hydrogen) atoms. The lowest BCUT2D eigenvalue weighted by Crippen LogP contribution is -2.10. The van der Waals surface area contributed by atoms with E-state index >= 15 is 0 Å². The van der Waals surface area contributed by atoms with Crippen LogP contribution in [0.2, 0.25) is 0 Å². The van der Waals surface area contributed by atoms with E-state index in [0.717, 1.165) is 41.9 Å². The first-order chi connectivity index (χ1) is 16.9. The molecule has 0 fully saturated rings. The van der Waals surface area contributed by atoms with Gasteiger partial charge in [0.25, 0.3) is 0 Å². The van der Waals surface area contributed by atoms with Gasteiger partial charge in [-0.05, 0) is 61.2 Å². The van der Waals surface area contributed by atoms with Crippen LogP contribution in [0.15, 0.2) is 42.9 Å². The molecule has 1 aliphatic rings. The molecule has 2 aromatic heterocycles. The first kappa shape index (κ1) is 22.9. The van der Waals surface area contributed by atoms with Crippen LogP contribution in [-0.4, -0.2) is 31.4 Å². The number of rotatable bonds is 5. The summed E-state index contributed by atoms with van der Waals surface area (Å²) in [6.07, 6.45) is 9.82. The van der Waals surface area contributed by atoms with E-state index < -0.39 is 17.5 Å². The Hall–Kier alpha value is -3.88. The van der Waals surface area contributed by atoms with E-state index in [-0.39, 0.29) is 5.92 Å². The Morgan fingerprint density at radius 2 is 1.83 bits per heavy atom.